The van der Waals surface area contributed by atoms with Crippen LogP contribution in [0.1, 0.15) is 11.1 Å². The van der Waals surface area contributed by atoms with Crippen molar-refractivity contribution in [2.24, 2.45) is 0 Å². The Morgan fingerprint density at radius 2 is 1.81 bits per heavy atom. The third-order valence-electron chi connectivity index (χ3n) is 4.09. The molecular weight excluding hydrogens is 330 g/mol. The molecule has 0 bridgehead atoms. The zero-order valence-electron chi connectivity index (χ0n) is 14.0. The molecule has 2 aromatic heterocycles. The van der Waals surface area contributed by atoms with E-state index in [9.17, 15) is 4.79 Å². The summed E-state index contributed by atoms with van der Waals surface area (Å²) in [5.41, 5.74) is 3.73. The lowest BCUT2D eigenvalue weighted by molar-refractivity contribution is -0.120. The molecule has 1 aliphatic heterocycles. The van der Waals surface area contributed by atoms with E-state index in [4.69, 9.17) is 9.47 Å². The van der Waals surface area contributed by atoms with Crippen molar-refractivity contribution in [1.29, 1.82) is 0 Å². The van der Waals surface area contributed by atoms with Crippen molar-refractivity contribution >= 4 is 5.91 Å². The molecule has 0 spiro atoms. The Morgan fingerprint density at radius 1 is 0.962 bits per heavy atom. The van der Waals surface area contributed by atoms with Gasteiger partial charge in [0.1, 0.15) is 0 Å². The molecule has 1 aromatic carbocycles. The highest BCUT2D eigenvalue weighted by molar-refractivity contribution is 5.78. The topological polar surface area (TPSA) is 73.3 Å². The third-order valence-corrected chi connectivity index (χ3v) is 4.09. The van der Waals surface area contributed by atoms with Crippen LogP contribution < -0.4 is 14.8 Å². The van der Waals surface area contributed by atoms with Gasteiger partial charge in [0.05, 0.1) is 12.1 Å². The number of amides is 1. The predicted octanol–water partition coefficient (Wildman–Crippen LogP) is 2.73. The molecule has 0 atom stereocenters. The SMILES string of the molecule is O=C(Cc1ccc2c(c1)OCO2)NCc1ccnc(-c2ccncc2)c1. The van der Waals surface area contributed by atoms with E-state index in [2.05, 4.69) is 15.3 Å². The maximum Gasteiger partial charge on any atom is 0.231 e. The highest BCUT2D eigenvalue weighted by atomic mass is 16.7. The molecule has 3 heterocycles. The summed E-state index contributed by atoms with van der Waals surface area (Å²) in [6.45, 7) is 0.677. The monoisotopic (exact) mass is 347 g/mol. The van der Waals surface area contributed by atoms with Crippen LogP contribution in [0.4, 0.5) is 0 Å². The average molecular weight is 347 g/mol. The Bertz CT molecular complexity index is 929. The molecule has 0 saturated carbocycles. The van der Waals surface area contributed by atoms with Gasteiger partial charge in [0.15, 0.2) is 11.5 Å². The van der Waals surface area contributed by atoms with E-state index in [-0.39, 0.29) is 12.7 Å². The normalized spacial score (nSPS) is 12.0. The summed E-state index contributed by atoms with van der Waals surface area (Å²) in [6, 6.07) is 13.2. The molecule has 1 N–H and O–H groups in total. The molecule has 4 rings (SSSR count). The number of pyridine rings is 2. The van der Waals surface area contributed by atoms with Crippen molar-refractivity contribution in [2.45, 2.75) is 13.0 Å². The number of carbonyl (C=O) groups excluding carboxylic acids is 1. The molecule has 6 heteroatoms. The zero-order chi connectivity index (χ0) is 17.8. The molecule has 0 radical (unpaired) electrons. The zero-order valence-corrected chi connectivity index (χ0v) is 14.0. The fourth-order valence-electron chi connectivity index (χ4n) is 2.76. The molecule has 130 valence electrons. The molecule has 1 amide bonds. The minimum atomic E-state index is -0.0499. The number of nitrogens with one attached hydrogen (secondary N) is 1. The summed E-state index contributed by atoms with van der Waals surface area (Å²) < 4.78 is 10.6. The highest BCUT2D eigenvalue weighted by Crippen LogP contribution is 2.32. The van der Waals surface area contributed by atoms with Crippen LogP contribution in [0, 0.1) is 0 Å². The van der Waals surface area contributed by atoms with Crippen LogP contribution in [0.15, 0.2) is 61.1 Å². The molecule has 0 unspecified atom stereocenters. The van der Waals surface area contributed by atoms with Crippen molar-refractivity contribution in [2.75, 3.05) is 6.79 Å². The van der Waals surface area contributed by atoms with Crippen molar-refractivity contribution in [3.63, 3.8) is 0 Å². The number of rotatable bonds is 5. The molecule has 26 heavy (non-hydrogen) atoms. The Morgan fingerprint density at radius 3 is 2.69 bits per heavy atom. The van der Waals surface area contributed by atoms with Crippen LogP contribution in [0.25, 0.3) is 11.3 Å². The number of aromatic nitrogens is 2. The van der Waals surface area contributed by atoms with Gasteiger partial charge in [-0.2, -0.15) is 0 Å². The van der Waals surface area contributed by atoms with E-state index in [1.165, 1.54) is 0 Å². The second kappa shape index (κ2) is 7.23. The highest BCUT2D eigenvalue weighted by Gasteiger charge is 2.14. The van der Waals surface area contributed by atoms with Gasteiger partial charge in [-0.3, -0.25) is 14.8 Å². The Kier molecular flexibility index (Phi) is 4.47. The van der Waals surface area contributed by atoms with E-state index in [0.29, 0.717) is 18.7 Å². The number of carbonyl (C=O) groups is 1. The molecule has 0 aliphatic carbocycles. The van der Waals surface area contributed by atoms with Crippen molar-refractivity contribution in [3.8, 4) is 22.8 Å². The van der Waals surface area contributed by atoms with Crippen molar-refractivity contribution < 1.29 is 14.3 Å². The Hall–Kier alpha value is -3.41. The molecule has 1 aliphatic rings. The van der Waals surface area contributed by atoms with Gasteiger partial charge in [0, 0.05) is 30.7 Å². The van der Waals surface area contributed by atoms with Gasteiger partial charge in [-0.1, -0.05) is 6.07 Å². The summed E-state index contributed by atoms with van der Waals surface area (Å²) in [7, 11) is 0. The van der Waals surface area contributed by atoms with Crippen molar-refractivity contribution in [3.05, 3.63) is 72.2 Å². The largest absolute Gasteiger partial charge is 0.454 e. The summed E-state index contributed by atoms with van der Waals surface area (Å²) >= 11 is 0. The number of hydrogen-bond donors (Lipinski definition) is 1. The van der Waals surface area contributed by atoms with Gasteiger partial charge in [-0.05, 0) is 47.5 Å². The Balaban J connectivity index is 1.37. The van der Waals surface area contributed by atoms with Crippen molar-refractivity contribution in [1.82, 2.24) is 15.3 Å². The van der Waals surface area contributed by atoms with Crippen LogP contribution >= 0.6 is 0 Å². The second-order valence-corrected chi connectivity index (χ2v) is 5.93. The molecule has 0 saturated heterocycles. The summed E-state index contributed by atoms with van der Waals surface area (Å²) in [5.74, 6) is 1.35. The second-order valence-electron chi connectivity index (χ2n) is 5.93. The Labute approximate surface area is 150 Å². The lowest BCUT2D eigenvalue weighted by Gasteiger charge is -2.08. The maximum absolute atomic E-state index is 12.2. The van der Waals surface area contributed by atoms with Gasteiger partial charge in [-0.25, -0.2) is 0 Å². The van der Waals surface area contributed by atoms with E-state index < -0.39 is 0 Å². The van der Waals surface area contributed by atoms with Crippen LogP contribution in [0.2, 0.25) is 0 Å². The van der Waals surface area contributed by atoms with Crippen LogP contribution in [-0.2, 0) is 17.8 Å². The van der Waals surface area contributed by atoms with E-state index in [1.54, 1.807) is 18.6 Å². The number of benzene rings is 1. The van der Waals surface area contributed by atoms with Gasteiger partial charge < -0.3 is 14.8 Å². The minimum Gasteiger partial charge on any atom is -0.454 e. The first-order valence-corrected chi connectivity index (χ1v) is 8.28. The average Bonchev–Trinajstić information content (AvgIpc) is 3.15. The minimum absolute atomic E-state index is 0.0499. The lowest BCUT2D eigenvalue weighted by atomic mass is 10.1. The molecule has 6 nitrogen and oxygen atoms in total. The van der Waals surface area contributed by atoms with E-state index in [0.717, 1.165) is 28.1 Å². The summed E-state index contributed by atoms with van der Waals surface area (Å²) in [6.07, 6.45) is 5.50. The smallest absolute Gasteiger partial charge is 0.231 e. The van der Waals surface area contributed by atoms with E-state index in [1.807, 2.05) is 42.5 Å². The predicted molar refractivity (Wildman–Crippen MR) is 95.6 cm³/mol. The van der Waals surface area contributed by atoms with Crippen LogP contribution in [0.3, 0.4) is 0 Å². The van der Waals surface area contributed by atoms with E-state index >= 15 is 0 Å². The summed E-state index contributed by atoms with van der Waals surface area (Å²) in [4.78, 5) is 20.6. The number of ether oxygens (including phenoxy) is 2. The molecule has 3 aromatic rings. The standard InChI is InChI=1S/C20H17N3O3/c24-20(11-14-1-2-18-19(10-14)26-13-25-18)23-12-15-3-8-22-17(9-15)16-4-6-21-7-5-16/h1-10H,11-13H2,(H,23,24). The number of hydrogen-bond acceptors (Lipinski definition) is 5. The maximum atomic E-state index is 12.2. The molecular formula is C20H17N3O3. The van der Waals surface area contributed by atoms with Gasteiger partial charge in [-0.15, -0.1) is 0 Å². The first kappa shape index (κ1) is 16.1. The number of nitrogens with zero attached hydrogens (tertiary/aromatic N) is 2. The van der Waals surface area contributed by atoms with Gasteiger partial charge in [0.2, 0.25) is 12.7 Å². The fourth-order valence-corrected chi connectivity index (χ4v) is 2.76. The van der Waals surface area contributed by atoms with Gasteiger partial charge in [0.25, 0.3) is 0 Å². The fraction of sp³-hybridized carbons (Fsp3) is 0.150. The first-order valence-electron chi connectivity index (χ1n) is 8.28. The van der Waals surface area contributed by atoms with Gasteiger partial charge >= 0.3 is 0 Å². The number of fused-ring (bicyclic) bond motifs is 1. The quantitative estimate of drug-likeness (QED) is 0.768. The first-order chi connectivity index (χ1) is 12.8. The van der Waals surface area contributed by atoms with Crippen LogP contribution in [-0.4, -0.2) is 22.7 Å². The molecule has 0 fully saturated rings. The lowest BCUT2D eigenvalue weighted by Crippen LogP contribution is -2.24. The third kappa shape index (κ3) is 3.64. The van der Waals surface area contributed by atoms with Crippen LogP contribution in [0.5, 0.6) is 11.5 Å². The summed E-state index contributed by atoms with van der Waals surface area (Å²) in [5, 5.41) is 2.94.